The van der Waals surface area contributed by atoms with Gasteiger partial charge in [-0.25, -0.2) is 8.78 Å². The molecule has 0 heterocycles. The lowest BCUT2D eigenvalue weighted by Crippen LogP contribution is -2.69. The first-order chi connectivity index (χ1) is 53.3. The molecule has 0 radical (unpaired) electrons. The van der Waals surface area contributed by atoms with Crippen molar-refractivity contribution in [2.45, 2.75) is 158 Å². The zero-order chi connectivity index (χ0) is 81.3. The largest absolute Gasteiger partial charge is 0.481 e. The average molecular weight is 1600 g/mol. The van der Waals surface area contributed by atoms with E-state index in [1.165, 1.54) is 41.0 Å². The fraction of sp³-hybridized carbons (Fsp3) is 0.605. The standard InChI is InChI=1S/C34H49FO10S.C28H32O5S.C24H32FNO6/c1-22-18-27-26-6-4-23-19-25(37)8-10-31(23,2)33(26,35)28(38)20-32(27,3)34(22,41)29(39)21-45-30(40)7-5-24(36)9-11-42-12-13-43-14-15-44-16-17-46;29-27(30)16-17-31-18-19-32-20-21-33-22-23-34-28(24-10-4-1-5-11-24,25-12-6-2-7-13-25)26-14-8-3-9-15-26;1-13-8-17-16-5-4-14-9-15(27)6-7-21(14,2)23(16,25)18(28)10-22(17,3)24(13,31)19(29)12-32-20(30)11-26/h8,10,19,22,26-28,38,41,46H,4-7,9,11-18,20-21H2,1-3H3;1-15H,16-23H2,(H,29,30);6-7,9,13,16-18,28,31H,4-5,8,10-12,26H2,1-3H3/t22-,26-,27-,28-,31-,32-,33-,34-;;13-,16-,17-,18-,21-,22-,23-,24-/m0.0/s1. The Morgan fingerprint density at radius 3 is 1.29 bits per heavy atom. The van der Waals surface area contributed by atoms with E-state index in [4.69, 9.17) is 48.7 Å². The maximum Gasteiger partial charge on any atom is 0.320 e. The van der Waals surface area contributed by atoms with E-state index >= 15 is 8.78 Å². The Kier molecular flexibility index (Phi) is 31.1. The number of aliphatic hydroxyl groups excluding tert-OH is 2. The van der Waals surface area contributed by atoms with E-state index in [1.807, 2.05) is 11.8 Å². The highest BCUT2D eigenvalue weighted by molar-refractivity contribution is 8.00. The van der Waals surface area contributed by atoms with Crippen LogP contribution < -0.4 is 5.73 Å². The molecule has 22 nitrogen and oxygen atoms in total. The second-order valence-electron chi connectivity index (χ2n) is 31.7. The van der Waals surface area contributed by atoms with Crippen molar-refractivity contribution in [2.75, 3.05) is 111 Å². The number of fused-ring (bicyclic) bond motifs is 10. The zero-order valence-corrected chi connectivity index (χ0v) is 66.9. The number of hydrogen-bond donors (Lipinski definition) is 7. The Bertz CT molecular complexity index is 3790. The quantitative estimate of drug-likeness (QED) is 0.0122. The molecule has 8 aliphatic carbocycles. The molecule has 7 N–H and O–H groups in total. The normalized spacial score (nSPS) is 31.9. The summed E-state index contributed by atoms with van der Waals surface area (Å²) in [5, 5.41) is 55.0. The van der Waals surface area contributed by atoms with Crippen LogP contribution in [0.2, 0.25) is 0 Å². The van der Waals surface area contributed by atoms with Crippen molar-refractivity contribution in [1.29, 1.82) is 0 Å². The number of carbonyl (C=O) groups is 8. The number of thioether (sulfide) groups is 1. The van der Waals surface area contributed by atoms with E-state index in [1.54, 1.807) is 53.7 Å². The Morgan fingerprint density at radius 1 is 0.527 bits per heavy atom. The van der Waals surface area contributed by atoms with Crippen molar-refractivity contribution < 1.29 is 111 Å². The van der Waals surface area contributed by atoms with Gasteiger partial charge in [-0.3, -0.25) is 38.4 Å². The first kappa shape index (κ1) is 89.4. The van der Waals surface area contributed by atoms with Gasteiger partial charge in [0.2, 0.25) is 11.6 Å². The van der Waals surface area contributed by atoms with Crippen LogP contribution in [-0.4, -0.2) is 218 Å². The van der Waals surface area contributed by atoms with Gasteiger partial charge in [-0.15, -0.1) is 11.8 Å². The molecule has 0 unspecified atom stereocenters. The Morgan fingerprint density at radius 2 is 0.902 bits per heavy atom. The summed E-state index contributed by atoms with van der Waals surface area (Å²) in [5.74, 6) is -5.94. The first-order valence-corrected chi connectivity index (χ1v) is 40.7. The number of allylic oxidation sites excluding steroid dienone is 8. The molecule has 8 aliphatic rings. The maximum atomic E-state index is 17.3. The summed E-state index contributed by atoms with van der Waals surface area (Å²) in [6.45, 7) is 13.7. The zero-order valence-electron chi connectivity index (χ0n) is 65.2. The number of carboxylic acid groups (broad SMARTS) is 1. The highest BCUT2D eigenvalue weighted by Crippen LogP contribution is 2.73. The molecule has 26 heteroatoms. The number of Topliss-reactive ketones (excluding diaryl/α,β-unsaturated/α-hetero) is 3. The number of esters is 2. The van der Waals surface area contributed by atoms with Gasteiger partial charge in [-0.2, -0.15) is 12.6 Å². The topological polar surface area (TPSA) is 338 Å². The van der Waals surface area contributed by atoms with Gasteiger partial charge in [0.05, 0.1) is 116 Å². The number of nitrogens with two attached hydrogens (primary N) is 1. The van der Waals surface area contributed by atoms with Crippen molar-refractivity contribution in [1.82, 2.24) is 0 Å². The fourth-order valence-corrected chi connectivity index (χ4v) is 21.4. The molecule has 0 amide bonds. The molecular weight excluding hydrogens is 1490 g/mol. The molecule has 16 atom stereocenters. The van der Waals surface area contributed by atoms with Crippen molar-refractivity contribution in [3.05, 3.63) is 155 Å². The fourth-order valence-electron chi connectivity index (χ4n) is 19.8. The van der Waals surface area contributed by atoms with E-state index in [-0.39, 0.29) is 86.3 Å². The van der Waals surface area contributed by atoms with Crippen LogP contribution in [0.25, 0.3) is 0 Å². The number of thiol groups is 1. The van der Waals surface area contributed by atoms with Crippen molar-refractivity contribution >= 4 is 71.2 Å². The molecule has 11 rings (SSSR count). The predicted octanol–water partition coefficient (Wildman–Crippen LogP) is 9.81. The van der Waals surface area contributed by atoms with Crippen molar-refractivity contribution in [2.24, 2.45) is 62.9 Å². The molecule has 0 aliphatic heterocycles. The minimum absolute atomic E-state index is 0.0111. The molecule has 112 heavy (non-hydrogen) atoms. The minimum atomic E-state index is -2.08. The number of ether oxygens (including phenoxy) is 8. The van der Waals surface area contributed by atoms with Crippen LogP contribution in [0.15, 0.2) is 139 Å². The number of alkyl halides is 2. The number of carboxylic acids is 1. The number of aliphatic hydroxyl groups is 4. The SMILES string of the molecule is C[C@H]1C[C@H]2[C@@H]3CCC4=CC(=O)C=C[C@]4(C)[C@@]3(F)[C@@H](O)C[C@]2(C)[C@@]1(O)C(=O)COC(=O)CCC(=O)CCOCCOCCOCCS.C[C@H]1C[C@H]2[C@@H]3CCC4=CC(=O)C=C[C@]4(C)[C@@]3(F)[C@@H](O)C[C@]2(C)[C@@]1(O)C(=O)COC(=O)CN.O=C(O)CCOCCOCCOCCSC(c1ccccc1)(c1ccccc1)c1ccccc1. The lowest BCUT2D eigenvalue weighted by atomic mass is 9.44. The van der Waals surface area contributed by atoms with Crippen molar-refractivity contribution in [3.8, 4) is 0 Å². The second kappa shape index (κ2) is 39.0. The molecule has 6 saturated carbocycles. The Balaban J connectivity index is 0.000000197. The maximum absolute atomic E-state index is 17.3. The third-order valence-electron chi connectivity index (χ3n) is 25.6. The highest BCUT2D eigenvalue weighted by atomic mass is 32.2. The lowest BCUT2D eigenvalue weighted by molar-refractivity contribution is -0.220. The minimum Gasteiger partial charge on any atom is -0.481 e. The molecule has 0 aromatic heterocycles. The smallest absolute Gasteiger partial charge is 0.320 e. The van der Waals surface area contributed by atoms with Gasteiger partial charge in [0.15, 0.2) is 36.1 Å². The van der Waals surface area contributed by atoms with Crippen LogP contribution in [0.5, 0.6) is 0 Å². The second-order valence-corrected chi connectivity index (χ2v) is 33.4. The van der Waals surface area contributed by atoms with Crippen molar-refractivity contribution in [3.63, 3.8) is 0 Å². The summed E-state index contributed by atoms with van der Waals surface area (Å²) in [6, 6.07) is 31.9. The highest BCUT2D eigenvalue weighted by Gasteiger charge is 2.77. The molecule has 614 valence electrons. The van der Waals surface area contributed by atoms with Crippen LogP contribution >= 0.6 is 24.4 Å². The third-order valence-corrected chi connectivity index (χ3v) is 27.3. The Hall–Kier alpha value is -6.50. The Labute approximate surface area is 665 Å². The van der Waals surface area contributed by atoms with E-state index in [2.05, 4.69) is 104 Å². The number of hydrogen-bond acceptors (Lipinski definition) is 23. The van der Waals surface area contributed by atoms with E-state index in [9.17, 15) is 58.8 Å². The van der Waals surface area contributed by atoms with Gasteiger partial charge >= 0.3 is 17.9 Å². The lowest BCUT2D eigenvalue weighted by Gasteiger charge is -2.62. The molecule has 0 spiro atoms. The van der Waals surface area contributed by atoms with Crippen LogP contribution in [0.3, 0.4) is 0 Å². The number of aliphatic carboxylic acids is 1. The third kappa shape index (κ3) is 18.2. The van der Waals surface area contributed by atoms with Gasteiger partial charge in [0.25, 0.3) is 0 Å². The molecule has 6 fully saturated rings. The molecule has 0 bridgehead atoms. The monoisotopic (exact) mass is 1600 g/mol. The number of ketones is 5. The van der Waals surface area contributed by atoms with Gasteiger partial charge < -0.3 is 69.2 Å². The van der Waals surface area contributed by atoms with Crippen LogP contribution in [0, 0.1) is 57.2 Å². The summed E-state index contributed by atoms with van der Waals surface area (Å²) < 4.78 is 76.6. The summed E-state index contributed by atoms with van der Waals surface area (Å²) in [7, 11) is 0. The van der Waals surface area contributed by atoms with Crippen LogP contribution in [-0.2, 0) is 81.0 Å². The summed E-state index contributed by atoms with van der Waals surface area (Å²) in [6.07, 6.45) is 7.95. The summed E-state index contributed by atoms with van der Waals surface area (Å²) in [4.78, 5) is 97.2. The molecular formula is C86H113F2NO21S2. The summed E-state index contributed by atoms with van der Waals surface area (Å²) in [5.41, 5.74) is -2.21. The molecule has 3 aromatic carbocycles. The van der Waals surface area contributed by atoms with Gasteiger partial charge in [-0.1, -0.05) is 142 Å². The van der Waals surface area contributed by atoms with E-state index < -0.39 is 129 Å². The summed E-state index contributed by atoms with van der Waals surface area (Å²) >= 11 is 5.92. The van der Waals surface area contributed by atoms with Crippen LogP contribution in [0.1, 0.15) is 135 Å². The predicted molar refractivity (Wildman–Crippen MR) is 418 cm³/mol. The molecule has 3 aromatic rings. The number of halogens is 2. The first-order valence-electron chi connectivity index (χ1n) is 39.1. The van der Waals surface area contributed by atoms with Crippen LogP contribution in [0.4, 0.5) is 8.78 Å². The van der Waals surface area contributed by atoms with Gasteiger partial charge in [0, 0.05) is 57.8 Å². The number of rotatable bonds is 37. The number of carbonyl (C=O) groups excluding carboxylic acids is 7. The van der Waals surface area contributed by atoms with E-state index in [0.717, 1.165) is 5.75 Å². The van der Waals surface area contributed by atoms with Gasteiger partial charge in [-0.05, 0) is 130 Å². The molecule has 0 saturated heterocycles. The van der Waals surface area contributed by atoms with Gasteiger partial charge in [0.1, 0.15) is 17.0 Å². The van der Waals surface area contributed by atoms with E-state index in [0.29, 0.717) is 121 Å². The average Bonchev–Trinajstić information content (AvgIpc) is 1.41. The number of benzene rings is 3.